The fourth-order valence-electron chi connectivity index (χ4n) is 3.77. The number of carbonyl (C=O) groups excluding carboxylic acids is 1. The number of unbranched alkanes of at least 4 members (excludes halogenated alkanes) is 4. The maximum Gasteiger partial charge on any atom is 0.279 e. The smallest absolute Gasteiger partial charge is 0.279 e. The van der Waals surface area contributed by atoms with Crippen molar-refractivity contribution in [2.24, 2.45) is 0 Å². The van der Waals surface area contributed by atoms with Crippen molar-refractivity contribution in [3.8, 4) is 11.5 Å². The maximum absolute atomic E-state index is 13.2. The van der Waals surface area contributed by atoms with Crippen LogP contribution < -0.4 is 15.0 Å². The third-order valence-corrected chi connectivity index (χ3v) is 7.39. The van der Waals surface area contributed by atoms with E-state index in [1.165, 1.54) is 41.2 Å². The Morgan fingerprint density at radius 1 is 1.20 bits per heavy atom. The van der Waals surface area contributed by atoms with E-state index in [1.807, 2.05) is 0 Å². The number of amides is 1. The molecule has 0 unspecified atom stereocenters. The van der Waals surface area contributed by atoms with Crippen molar-refractivity contribution in [1.29, 1.82) is 0 Å². The molecule has 10 heteroatoms. The Hall–Kier alpha value is -1.88. The lowest BCUT2D eigenvalue weighted by Crippen LogP contribution is -2.41. The summed E-state index contributed by atoms with van der Waals surface area (Å²) in [7, 11) is -3.96. The van der Waals surface area contributed by atoms with Crippen LogP contribution in [0.5, 0.6) is 11.5 Å². The quantitative estimate of drug-likeness (QED) is 0.325. The average molecular weight is 443 g/mol. The van der Waals surface area contributed by atoms with E-state index in [-0.39, 0.29) is 34.9 Å². The highest BCUT2D eigenvalue weighted by molar-refractivity contribution is 7.89. The summed E-state index contributed by atoms with van der Waals surface area (Å²) in [6, 6.07) is 2.77. The highest BCUT2D eigenvalue weighted by atomic mass is 32.2. The molecule has 1 fully saturated rings. The molecular formula is C20H30N2O7S. The minimum absolute atomic E-state index is 0.0175. The number of carbonyl (C=O) groups is 1. The minimum Gasteiger partial charge on any atom is -0.454 e. The van der Waals surface area contributed by atoms with Crippen LogP contribution in [0, 0.1) is 0 Å². The van der Waals surface area contributed by atoms with E-state index in [0.29, 0.717) is 32.5 Å². The number of piperidine rings is 1. The van der Waals surface area contributed by atoms with E-state index in [0.717, 1.165) is 12.8 Å². The number of fused-ring (bicyclic) bond motifs is 1. The standard InChI is InChI=1S/C20H30N2O7S/c1-2-3-4-5-6-13-27-15-9-11-22(12-10-15)30(25,26)17-8-7-16-19(29-14-28-16)18(17)20(23)21-24/h7-8,15,24H,2-6,9-14H2,1H3,(H,21,23). The summed E-state index contributed by atoms with van der Waals surface area (Å²) in [6.45, 7) is 3.37. The molecule has 1 amide bonds. The summed E-state index contributed by atoms with van der Waals surface area (Å²) in [4.78, 5) is 12.0. The van der Waals surface area contributed by atoms with E-state index in [2.05, 4.69) is 6.92 Å². The van der Waals surface area contributed by atoms with Crippen LogP contribution in [-0.4, -0.2) is 56.4 Å². The van der Waals surface area contributed by atoms with Crippen LogP contribution in [0.3, 0.4) is 0 Å². The van der Waals surface area contributed by atoms with Crippen molar-refractivity contribution in [3.63, 3.8) is 0 Å². The van der Waals surface area contributed by atoms with Crippen LogP contribution in [0.1, 0.15) is 62.2 Å². The van der Waals surface area contributed by atoms with Crippen molar-refractivity contribution in [3.05, 3.63) is 17.7 Å². The summed E-state index contributed by atoms with van der Waals surface area (Å²) in [5, 5.41) is 9.08. The Morgan fingerprint density at radius 3 is 2.63 bits per heavy atom. The molecule has 0 spiro atoms. The van der Waals surface area contributed by atoms with Crippen LogP contribution in [0.4, 0.5) is 0 Å². The van der Waals surface area contributed by atoms with Gasteiger partial charge in [0.25, 0.3) is 5.91 Å². The first-order valence-corrected chi connectivity index (χ1v) is 11.9. The second kappa shape index (κ2) is 10.4. The molecule has 2 aliphatic heterocycles. The predicted molar refractivity (Wildman–Crippen MR) is 108 cm³/mol. The van der Waals surface area contributed by atoms with Crippen molar-refractivity contribution in [1.82, 2.24) is 9.79 Å². The zero-order chi connectivity index (χ0) is 21.6. The van der Waals surface area contributed by atoms with Gasteiger partial charge in [-0.2, -0.15) is 4.31 Å². The van der Waals surface area contributed by atoms with Crippen LogP contribution >= 0.6 is 0 Å². The lowest BCUT2D eigenvalue weighted by atomic mass is 10.1. The fraction of sp³-hybridized carbons (Fsp3) is 0.650. The number of hydrogen-bond donors (Lipinski definition) is 2. The van der Waals surface area contributed by atoms with Gasteiger partial charge in [-0.1, -0.05) is 32.6 Å². The molecule has 0 radical (unpaired) electrons. The molecule has 3 rings (SSSR count). The van der Waals surface area contributed by atoms with Gasteiger partial charge in [0.05, 0.1) is 11.0 Å². The lowest BCUT2D eigenvalue weighted by Gasteiger charge is -2.31. The highest BCUT2D eigenvalue weighted by Crippen LogP contribution is 2.40. The van der Waals surface area contributed by atoms with Gasteiger partial charge < -0.3 is 14.2 Å². The average Bonchev–Trinajstić information content (AvgIpc) is 3.24. The zero-order valence-electron chi connectivity index (χ0n) is 17.3. The fourth-order valence-corrected chi connectivity index (χ4v) is 5.43. The molecule has 0 atom stereocenters. The second-order valence-electron chi connectivity index (χ2n) is 7.50. The third kappa shape index (κ3) is 5.05. The molecule has 0 aromatic heterocycles. The van der Waals surface area contributed by atoms with Crippen molar-refractivity contribution in [2.45, 2.75) is 62.9 Å². The Kier molecular flexibility index (Phi) is 7.93. The monoisotopic (exact) mass is 442 g/mol. The van der Waals surface area contributed by atoms with Gasteiger partial charge >= 0.3 is 0 Å². The van der Waals surface area contributed by atoms with E-state index in [4.69, 9.17) is 19.4 Å². The van der Waals surface area contributed by atoms with Gasteiger partial charge in [0.2, 0.25) is 16.8 Å². The molecule has 1 aromatic carbocycles. The van der Waals surface area contributed by atoms with Crippen LogP contribution in [-0.2, 0) is 14.8 Å². The summed E-state index contributed by atoms with van der Waals surface area (Å²) >= 11 is 0. The summed E-state index contributed by atoms with van der Waals surface area (Å²) < 4.78 is 44.2. The van der Waals surface area contributed by atoms with Crippen LogP contribution in [0.25, 0.3) is 0 Å². The highest BCUT2D eigenvalue weighted by Gasteiger charge is 2.36. The van der Waals surface area contributed by atoms with E-state index >= 15 is 0 Å². The third-order valence-electron chi connectivity index (χ3n) is 5.45. The minimum atomic E-state index is -3.96. The normalized spacial score (nSPS) is 17.3. The molecule has 0 aliphatic carbocycles. The number of benzene rings is 1. The summed E-state index contributed by atoms with van der Waals surface area (Å²) in [6.07, 6.45) is 7.08. The van der Waals surface area contributed by atoms with Crippen LogP contribution in [0.2, 0.25) is 0 Å². The van der Waals surface area contributed by atoms with Crippen molar-refractivity contribution in [2.75, 3.05) is 26.5 Å². The topological polar surface area (TPSA) is 114 Å². The number of sulfonamides is 1. The number of hydroxylamine groups is 1. The summed E-state index contributed by atoms with van der Waals surface area (Å²) in [5.41, 5.74) is 1.25. The molecule has 2 aliphatic rings. The van der Waals surface area contributed by atoms with Gasteiger partial charge in [-0.25, -0.2) is 13.9 Å². The van der Waals surface area contributed by atoms with Gasteiger partial charge in [0, 0.05) is 19.7 Å². The second-order valence-corrected chi connectivity index (χ2v) is 9.41. The molecular weight excluding hydrogens is 412 g/mol. The number of nitrogens with one attached hydrogen (secondary N) is 1. The molecule has 0 bridgehead atoms. The molecule has 1 aromatic rings. The number of rotatable bonds is 10. The first-order chi connectivity index (χ1) is 14.5. The Balaban J connectivity index is 1.63. The van der Waals surface area contributed by atoms with Gasteiger partial charge in [-0.05, 0) is 31.4 Å². The summed E-state index contributed by atoms with van der Waals surface area (Å²) in [5.74, 6) is -0.681. The molecule has 2 N–H and O–H groups in total. The van der Waals surface area contributed by atoms with Gasteiger partial charge in [0.15, 0.2) is 11.5 Å². The SMILES string of the molecule is CCCCCCCOC1CCN(S(=O)(=O)c2ccc3c(c2C(=O)NO)OCO3)CC1. The zero-order valence-corrected chi connectivity index (χ0v) is 18.1. The van der Waals surface area contributed by atoms with E-state index in [9.17, 15) is 13.2 Å². The Bertz CT molecular complexity index is 836. The lowest BCUT2D eigenvalue weighted by molar-refractivity contribution is 0.0192. The van der Waals surface area contributed by atoms with Gasteiger partial charge in [-0.3, -0.25) is 10.0 Å². The molecule has 2 heterocycles. The first kappa shape index (κ1) is 22.8. The van der Waals surface area contributed by atoms with Crippen molar-refractivity contribution >= 4 is 15.9 Å². The predicted octanol–water partition coefficient (Wildman–Crippen LogP) is 2.67. The molecule has 9 nitrogen and oxygen atoms in total. The number of nitrogens with zero attached hydrogens (tertiary/aromatic N) is 1. The first-order valence-electron chi connectivity index (χ1n) is 10.5. The number of hydrogen-bond acceptors (Lipinski definition) is 7. The van der Waals surface area contributed by atoms with E-state index in [1.54, 1.807) is 0 Å². The molecule has 30 heavy (non-hydrogen) atoms. The Morgan fingerprint density at radius 2 is 1.93 bits per heavy atom. The molecule has 168 valence electrons. The van der Waals surface area contributed by atoms with E-state index < -0.39 is 15.9 Å². The Labute approximate surface area is 177 Å². The van der Waals surface area contributed by atoms with Crippen molar-refractivity contribution < 1.29 is 32.6 Å². The van der Waals surface area contributed by atoms with Crippen LogP contribution in [0.15, 0.2) is 17.0 Å². The van der Waals surface area contributed by atoms with Gasteiger partial charge in [-0.15, -0.1) is 0 Å². The maximum atomic E-state index is 13.2. The molecule has 1 saturated heterocycles. The van der Waals surface area contributed by atoms with Gasteiger partial charge in [0.1, 0.15) is 5.56 Å². The molecule has 0 saturated carbocycles. The largest absolute Gasteiger partial charge is 0.454 e. The number of ether oxygens (including phenoxy) is 3.